The molecule has 0 saturated heterocycles. The van der Waals surface area contributed by atoms with Crippen molar-refractivity contribution in [2.24, 2.45) is 5.10 Å². The number of carbonyl (C=O) groups is 2. The van der Waals surface area contributed by atoms with Crippen LogP contribution in [0.2, 0.25) is 0 Å². The molecule has 5 heteroatoms. The zero-order chi connectivity index (χ0) is 17.1. The summed E-state index contributed by atoms with van der Waals surface area (Å²) in [5, 5.41) is 8.42. The Bertz CT molecular complexity index is 813. The third-order valence-electron chi connectivity index (χ3n) is 4.06. The first kappa shape index (κ1) is 15.9. The van der Waals surface area contributed by atoms with E-state index < -0.39 is 0 Å². The number of carbonyl (C=O) groups excluding carboxylic acids is 2. The summed E-state index contributed by atoms with van der Waals surface area (Å²) in [6, 6.07) is 14.9. The fraction of sp³-hybridized carbons (Fsp3) is 0.211. The van der Waals surface area contributed by atoms with Crippen molar-refractivity contribution in [1.29, 1.82) is 0 Å². The van der Waals surface area contributed by atoms with Gasteiger partial charge in [0, 0.05) is 18.5 Å². The summed E-state index contributed by atoms with van der Waals surface area (Å²) in [5.41, 5.74) is 4.03. The molecule has 2 aromatic rings. The van der Waals surface area contributed by atoms with E-state index in [9.17, 15) is 9.59 Å². The molecule has 5 nitrogen and oxygen atoms in total. The molecule has 0 atom stereocenters. The maximum absolute atomic E-state index is 12.5. The van der Waals surface area contributed by atoms with Crippen molar-refractivity contribution in [2.45, 2.75) is 26.7 Å². The summed E-state index contributed by atoms with van der Waals surface area (Å²) in [4.78, 5) is 24.6. The molecular weight excluding hydrogens is 302 g/mol. The van der Waals surface area contributed by atoms with Crippen molar-refractivity contribution in [2.75, 3.05) is 10.3 Å². The Kier molecular flexibility index (Phi) is 4.42. The molecule has 3 rings (SSSR count). The Labute approximate surface area is 141 Å². The van der Waals surface area contributed by atoms with Gasteiger partial charge < -0.3 is 5.32 Å². The lowest BCUT2D eigenvalue weighted by molar-refractivity contribution is -0.118. The molecule has 0 radical (unpaired) electrons. The number of nitrogens with zero attached hydrogens (tertiary/aromatic N) is 2. The fourth-order valence-corrected chi connectivity index (χ4v) is 2.51. The summed E-state index contributed by atoms with van der Waals surface area (Å²) >= 11 is 0. The van der Waals surface area contributed by atoms with E-state index in [0.29, 0.717) is 17.8 Å². The highest BCUT2D eigenvalue weighted by molar-refractivity contribution is 6.44. The van der Waals surface area contributed by atoms with Gasteiger partial charge in [0.25, 0.3) is 5.91 Å². The molecule has 0 fully saturated rings. The molecule has 0 saturated carbocycles. The molecule has 1 heterocycles. The van der Waals surface area contributed by atoms with Gasteiger partial charge in [0.1, 0.15) is 5.71 Å². The second-order valence-electron chi connectivity index (χ2n) is 5.84. The van der Waals surface area contributed by atoms with Gasteiger partial charge >= 0.3 is 0 Å². The first-order valence-corrected chi connectivity index (χ1v) is 7.88. The molecule has 122 valence electrons. The summed E-state index contributed by atoms with van der Waals surface area (Å²) in [6.07, 6.45) is 0.618. The molecule has 1 aliphatic heterocycles. The number of hydrazone groups is 1. The van der Waals surface area contributed by atoms with E-state index >= 15 is 0 Å². The molecule has 0 spiro atoms. The molecule has 0 aromatic heterocycles. The van der Waals surface area contributed by atoms with Gasteiger partial charge in [-0.05, 0) is 49.2 Å². The first-order chi connectivity index (χ1) is 11.5. The van der Waals surface area contributed by atoms with E-state index in [1.165, 1.54) is 10.6 Å². The molecule has 2 amide bonds. The minimum Gasteiger partial charge on any atom is -0.321 e. The van der Waals surface area contributed by atoms with Crippen LogP contribution in [0.4, 0.5) is 11.4 Å². The largest absolute Gasteiger partial charge is 0.321 e. The average molecular weight is 321 g/mol. The fourth-order valence-electron chi connectivity index (χ4n) is 2.51. The maximum Gasteiger partial charge on any atom is 0.271 e. The number of hydrogen-bond acceptors (Lipinski definition) is 3. The topological polar surface area (TPSA) is 61.8 Å². The smallest absolute Gasteiger partial charge is 0.271 e. The molecule has 0 unspecified atom stereocenters. The number of benzene rings is 2. The first-order valence-electron chi connectivity index (χ1n) is 7.88. The number of anilines is 2. The van der Waals surface area contributed by atoms with E-state index in [2.05, 4.69) is 10.4 Å². The standard InChI is InChI=1S/C19H19N3O2/c1-13-8-9-15(12-14(13)2)20-19(24)17-10-11-18(23)22(21-17)16-6-4-3-5-7-16/h3-9,12H,10-11H2,1-2H3,(H,20,24). The van der Waals surface area contributed by atoms with Crippen LogP contribution in [0.3, 0.4) is 0 Å². The number of aryl methyl sites for hydroxylation is 2. The minimum atomic E-state index is -0.272. The Morgan fingerprint density at radius 2 is 1.79 bits per heavy atom. The number of rotatable bonds is 3. The highest BCUT2D eigenvalue weighted by atomic mass is 16.2. The van der Waals surface area contributed by atoms with Gasteiger partial charge in [-0.15, -0.1) is 0 Å². The van der Waals surface area contributed by atoms with Crippen molar-refractivity contribution in [3.8, 4) is 0 Å². The van der Waals surface area contributed by atoms with Crippen molar-refractivity contribution < 1.29 is 9.59 Å². The summed E-state index contributed by atoms with van der Waals surface area (Å²) in [5.74, 6) is -0.379. The van der Waals surface area contributed by atoms with Gasteiger partial charge in [-0.2, -0.15) is 5.10 Å². The van der Waals surface area contributed by atoms with Gasteiger partial charge in [-0.3, -0.25) is 9.59 Å². The van der Waals surface area contributed by atoms with E-state index in [1.54, 1.807) is 12.1 Å². The molecule has 1 N–H and O–H groups in total. The van der Waals surface area contributed by atoms with Gasteiger partial charge in [0.05, 0.1) is 5.69 Å². The van der Waals surface area contributed by atoms with Crippen LogP contribution in [-0.2, 0) is 9.59 Å². The molecule has 2 aromatic carbocycles. The van der Waals surface area contributed by atoms with Crippen LogP contribution < -0.4 is 10.3 Å². The van der Waals surface area contributed by atoms with Crippen LogP contribution >= 0.6 is 0 Å². The highest BCUT2D eigenvalue weighted by Gasteiger charge is 2.25. The third kappa shape index (κ3) is 3.35. The van der Waals surface area contributed by atoms with Crippen molar-refractivity contribution in [3.63, 3.8) is 0 Å². The lowest BCUT2D eigenvalue weighted by atomic mass is 10.1. The van der Waals surface area contributed by atoms with Crippen molar-refractivity contribution in [1.82, 2.24) is 0 Å². The van der Waals surface area contributed by atoms with Crippen molar-refractivity contribution in [3.05, 3.63) is 59.7 Å². The molecular formula is C19H19N3O2. The Balaban J connectivity index is 1.81. The molecule has 0 aliphatic carbocycles. The van der Waals surface area contributed by atoms with E-state index in [-0.39, 0.29) is 18.2 Å². The zero-order valence-electron chi connectivity index (χ0n) is 13.7. The second-order valence-corrected chi connectivity index (χ2v) is 5.84. The van der Waals surface area contributed by atoms with Gasteiger partial charge in [-0.25, -0.2) is 5.01 Å². The second kappa shape index (κ2) is 6.66. The minimum absolute atomic E-state index is 0.107. The maximum atomic E-state index is 12.5. The quantitative estimate of drug-likeness (QED) is 0.941. The van der Waals surface area contributed by atoms with Crippen LogP contribution in [-0.4, -0.2) is 17.5 Å². The molecule has 24 heavy (non-hydrogen) atoms. The molecule has 0 bridgehead atoms. The van der Waals surface area contributed by atoms with Crippen LogP contribution in [0.1, 0.15) is 24.0 Å². The molecule has 1 aliphatic rings. The highest BCUT2D eigenvalue weighted by Crippen LogP contribution is 2.20. The summed E-state index contributed by atoms with van der Waals surface area (Å²) in [6.45, 7) is 4.02. The lowest BCUT2D eigenvalue weighted by Crippen LogP contribution is -2.36. The number of amides is 2. The lowest BCUT2D eigenvalue weighted by Gasteiger charge is -2.23. The van der Waals surface area contributed by atoms with Gasteiger partial charge in [0.15, 0.2) is 0 Å². The van der Waals surface area contributed by atoms with Crippen molar-refractivity contribution >= 4 is 28.9 Å². The van der Waals surface area contributed by atoms with E-state index in [4.69, 9.17) is 0 Å². The predicted molar refractivity (Wildman–Crippen MR) is 95.1 cm³/mol. The normalized spacial score (nSPS) is 14.3. The number of hydrogen-bond donors (Lipinski definition) is 1. The average Bonchev–Trinajstić information content (AvgIpc) is 2.59. The Morgan fingerprint density at radius 3 is 2.50 bits per heavy atom. The van der Waals surface area contributed by atoms with Crippen LogP contribution in [0.5, 0.6) is 0 Å². The SMILES string of the molecule is Cc1ccc(NC(=O)C2=NN(c3ccccc3)C(=O)CC2)cc1C. The van der Waals surface area contributed by atoms with Crippen LogP contribution in [0, 0.1) is 13.8 Å². The van der Waals surface area contributed by atoms with E-state index in [0.717, 1.165) is 11.3 Å². The zero-order valence-corrected chi connectivity index (χ0v) is 13.7. The van der Waals surface area contributed by atoms with Crippen LogP contribution in [0.15, 0.2) is 53.6 Å². The number of para-hydroxylation sites is 1. The summed E-state index contributed by atoms with van der Waals surface area (Å²) < 4.78 is 0. The van der Waals surface area contributed by atoms with Gasteiger partial charge in [0.2, 0.25) is 5.91 Å². The van der Waals surface area contributed by atoms with Crippen LogP contribution in [0.25, 0.3) is 0 Å². The number of nitrogens with one attached hydrogen (secondary N) is 1. The van der Waals surface area contributed by atoms with E-state index in [1.807, 2.05) is 50.2 Å². The Hall–Kier alpha value is -2.95. The third-order valence-corrected chi connectivity index (χ3v) is 4.06. The monoisotopic (exact) mass is 321 g/mol. The Morgan fingerprint density at radius 1 is 1.04 bits per heavy atom. The summed E-state index contributed by atoms with van der Waals surface area (Å²) in [7, 11) is 0. The van der Waals surface area contributed by atoms with Gasteiger partial charge in [-0.1, -0.05) is 24.3 Å². The predicted octanol–water partition coefficient (Wildman–Crippen LogP) is 3.42.